The van der Waals surface area contributed by atoms with Crippen molar-refractivity contribution in [2.24, 2.45) is 13.0 Å². The standard InChI is InChI=1S/C15H25N7/c1-10(2)7-12(14-17-9-18-22(14)6)19-15-16-8-11(3)13(20-15)21(4)5/h8-10,12H,7H2,1-6H3,(H,16,19,20). The summed E-state index contributed by atoms with van der Waals surface area (Å²) < 4.78 is 1.79. The predicted molar refractivity (Wildman–Crippen MR) is 87.9 cm³/mol. The predicted octanol–water partition coefficient (Wildman–Crippen LogP) is 2.18. The van der Waals surface area contributed by atoms with Gasteiger partial charge in [-0.05, 0) is 19.3 Å². The Hall–Kier alpha value is -2.18. The molecule has 2 aromatic rings. The Bertz CT molecular complexity index is 618. The van der Waals surface area contributed by atoms with Crippen LogP contribution in [0.25, 0.3) is 0 Å². The quantitative estimate of drug-likeness (QED) is 0.882. The first kappa shape index (κ1) is 16.2. The third-order valence-electron chi connectivity index (χ3n) is 3.44. The first-order chi connectivity index (χ1) is 10.4. The molecule has 7 nitrogen and oxygen atoms in total. The lowest BCUT2D eigenvalue weighted by atomic mass is 10.0. The number of anilines is 2. The molecule has 0 aliphatic heterocycles. The lowest BCUT2D eigenvalue weighted by Crippen LogP contribution is -2.20. The van der Waals surface area contributed by atoms with Crippen molar-refractivity contribution >= 4 is 11.8 Å². The highest BCUT2D eigenvalue weighted by atomic mass is 15.3. The van der Waals surface area contributed by atoms with Crippen LogP contribution in [0.5, 0.6) is 0 Å². The van der Waals surface area contributed by atoms with Crippen LogP contribution in [-0.4, -0.2) is 38.8 Å². The maximum absolute atomic E-state index is 4.60. The molecular weight excluding hydrogens is 278 g/mol. The van der Waals surface area contributed by atoms with Crippen molar-refractivity contribution in [3.63, 3.8) is 0 Å². The van der Waals surface area contributed by atoms with Gasteiger partial charge in [-0.1, -0.05) is 13.8 Å². The molecule has 22 heavy (non-hydrogen) atoms. The van der Waals surface area contributed by atoms with Crippen molar-refractivity contribution < 1.29 is 0 Å². The van der Waals surface area contributed by atoms with Gasteiger partial charge in [-0.2, -0.15) is 10.1 Å². The van der Waals surface area contributed by atoms with Gasteiger partial charge in [-0.25, -0.2) is 9.97 Å². The second kappa shape index (κ2) is 6.72. The van der Waals surface area contributed by atoms with E-state index in [0.29, 0.717) is 11.9 Å². The minimum Gasteiger partial charge on any atom is -0.362 e. The molecule has 0 aromatic carbocycles. The molecule has 1 unspecified atom stereocenters. The molecule has 1 N–H and O–H groups in total. The van der Waals surface area contributed by atoms with Gasteiger partial charge in [0, 0.05) is 32.9 Å². The normalized spacial score (nSPS) is 12.5. The van der Waals surface area contributed by atoms with Crippen LogP contribution < -0.4 is 10.2 Å². The Morgan fingerprint density at radius 2 is 2.00 bits per heavy atom. The van der Waals surface area contributed by atoms with Crippen LogP contribution in [0.2, 0.25) is 0 Å². The number of rotatable bonds is 6. The highest BCUT2D eigenvalue weighted by Gasteiger charge is 2.19. The second-order valence-electron chi connectivity index (χ2n) is 6.16. The van der Waals surface area contributed by atoms with Crippen molar-refractivity contribution in [1.82, 2.24) is 24.7 Å². The fourth-order valence-corrected chi connectivity index (χ4v) is 2.43. The zero-order valence-corrected chi connectivity index (χ0v) is 14.2. The van der Waals surface area contributed by atoms with E-state index in [0.717, 1.165) is 23.6 Å². The molecule has 2 heterocycles. The van der Waals surface area contributed by atoms with Crippen molar-refractivity contribution in [3.05, 3.63) is 23.9 Å². The van der Waals surface area contributed by atoms with E-state index in [9.17, 15) is 0 Å². The van der Waals surface area contributed by atoms with Crippen LogP contribution in [0.3, 0.4) is 0 Å². The van der Waals surface area contributed by atoms with Gasteiger partial charge in [0.15, 0.2) is 0 Å². The van der Waals surface area contributed by atoms with E-state index in [4.69, 9.17) is 0 Å². The third kappa shape index (κ3) is 3.72. The summed E-state index contributed by atoms with van der Waals surface area (Å²) in [5.74, 6) is 2.94. The second-order valence-corrected chi connectivity index (χ2v) is 6.16. The summed E-state index contributed by atoms with van der Waals surface area (Å²) in [6, 6.07) is 0.0326. The molecule has 0 aliphatic rings. The topological polar surface area (TPSA) is 71.8 Å². The molecule has 2 rings (SSSR count). The number of aromatic nitrogens is 5. The van der Waals surface area contributed by atoms with Crippen LogP contribution in [0, 0.1) is 12.8 Å². The van der Waals surface area contributed by atoms with Gasteiger partial charge in [0.25, 0.3) is 0 Å². The van der Waals surface area contributed by atoms with Gasteiger partial charge in [-0.15, -0.1) is 0 Å². The molecule has 0 radical (unpaired) electrons. The Morgan fingerprint density at radius 3 is 2.55 bits per heavy atom. The van der Waals surface area contributed by atoms with E-state index in [-0.39, 0.29) is 6.04 Å². The first-order valence-corrected chi connectivity index (χ1v) is 7.50. The summed E-state index contributed by atoms with van der Waals surface area (Å²) in [5.41, 5.74) is 1.05. The average Bonchev–Trinajstić information content (AvgIpc) is 2.85. The summed E-state index contributed by atoms with van der Waals surface area (Å²) >= 11 is 0. The third-order valence-corrected chi connectivity index (χ3v) is 3.44. The average molecular weight is 303 g/mol. The highest BCUT2D eigenvalue weighted by Crippen LogP contribution is 2.24. The maximum Gasteiger partial charge on any atom is 0.225 e. The molecule has 120 valence electrons. The molecule has 0 aliphatic carbocycles. The van der Waals surface area contributed by atoms with Crippen LogP contribution in [0.15, 0.2) is 12.5 Å². The zero-order valence-electron chi connectivity index (χ0n) is 14.2. The zero-order chi connectivity index (χ0) is 16.3. The van der Waals surface area contributed by atoms with Crippen LogP contribution in [-0.2, 0) is 7.05 Å². The van der Waals surface area contributed by atoms with Gasteiger partial charge >= 0.3 is 0 Å². The SMILES string of the molecule is Cc1cnc(NC(CC(C)C)c2ncnn2C)nc1N(C)C. The van der Waals surface area contributed by atoms with Crippen molar-refractivity contribution in [2.45, 2.75) is 33.2 Å². The summed E-state index contributed by atoms with van der Waals surface area (Å²) in [5, 5.41) is 7.57. The molecule has 0 saturated carbocycles. The van der Waals surface area contributed by atoms with Crippen LogP contribution in [0.4, 0.5) is 11.8 Å². The van der Waals surface area contributed by atoms with E-state index >= 15 is 0 Å². The molecule has 0 amide bonds. The fraction of sp³-hybridized carbons (Fsp3) is 0.600. The van der Waals surface area contributed by atoms with Crippen molar-refractivity contribution in [1.29, 1.82) is 0 Å². The number of nitrogens with one attached hydrogen (secondary N) is 1. The fourth-order valence-electron chi connectivity index (χ4n) is 2.43. The van der Waals surface area contributed by atoms with E-state index in [1.54, 1.807) is 11.0 Å². The molecule has 0 spiro atoms. The minimum absolute atomic E-state index is 0.0326. The molecule has 7 heteroatoms. The van der Waals surface area contributed by atoms with Gasteiger partial charge in [0.05, 0.1) is 6.04 Å². The van der Waals surface area contributed by atoms with Gasteiger partial charge in [0.2, 0.25) is 5.95 Å². The number of hydrogen-bond acceptors (Lipinski definition) is 6. The summed E-state index contributed by atoms with van der Waals surface area (Å²) in [6.07, 6.45) is 4.35. The molecule has 0 fully saturated rings. The van der Waals surface area contributed by atoms with E-state index in [1.807, 2.05) is 39.2 Å². The van der Waals surface area contributed by atoms with E-state index in [2.05, 4.69) is 39.2 Å². The lowest BCUT2D eigenvalue weighted by Gasteiger charge is -2.21. The highest BCUT2D eigenvalue weighted by molar-refractivity contribution is 5.48. The Morgan fingerprint density at radius 1 is 1.27 bits per heavy atom. The molecule has 0 bridgehead atoms. The maximum atomic E-state index is 4.60. The summed E-state index contributed by atoms with van der Waals surface area (Å²) in [4.78, 5) is 15.4. The number of nitrogens with zero attached hydrogens (tertiary/aromatic N) is 6. The van der Waals surface area contributed by atoms with Gasteiger partial charge < -0.3 is 10.2 Å². The largest absolute Gasteiger partial charge is 0.362 e. The molecule has 1 atom stereocenters. The molecule has 0 saturated heterocycles. The van der Waals surface area contributed by atoms with E-state index in [1.165, 1.54) is 0 Å². The molecule has 2 aromatic heterocycles. The van der Waals surface area contributed by atoms with Gasteiger partial charge in [0.1, 0.15) is 18.0 Å². The Balaban J connectivity index is 2.28. The first-order valence-electron chi connectivity index (χ1n) is 7.50. The smallest absolute Gasteiger partial charge is 0.225 e. The minimum atomic E-state index is 0.0326. The van der Waals surface area contributed by atoms with Crippen molar-refractivity contribution in [3.8, 4) is 0 Å². The van der Waals surface area contributed by atoms with Crippen LogP contribution in [0.1, 0.15) is 37.7 Å². The Labute approximate surface area is 131 Å². The van der Waals surface area contributed by atoms with Gasteiger partial charge in [-0.3, -0.25) is 4.68 Å². The van der Waals surface area contributed by atoms with E-state index < -0.39 is 0 Å². The monoisotopic (exact) mass is 303 g/mol. The number of aryl methyl sites for hydroxylation is 2. The number of hydrogen-bond donors (Lipinski definition) is 1. The van der Waals surface area contributed by atoms with Crippen molar-refractivity contribution in [2.75, 3.05) is 24.3 Å². The lowest BCUT2D eigenvalue weighted by molar-refractivity contribution is 0.496. The summed E-state index contributed by atoms with van der Waals surface area (Å²) in [6.45, 7) is 6.38. The Kier molecular flexibility index (Phi) is 4.95. The van der Waals surface area contributed by atoms with Crippen LogP contribution >= 0.6 is 0 Å². The molecular formula is C15H25N7. The summed E-state index contributed by atoms with van der Waals surface area (Å²) in [7, 11) is 5.86.